The van der Waals surface area contributed by atoms with E-state index in [1.807, 2.05) is 0 Å². The molecule has 2 aromatic carbocycles. The van der Waals surface area contributed by atoms with Crippen LogP contribution < -0.4 is 11.1 Å². The number of amides is 1. The number of aliphatic hydroxyl groups is 1. The summed E-state index contributed by atoms with van der Waals surface area (Å²) in [5, 5.41) is 14.8. The number of hydrogen-bond acceptors (Lipinski definition) is 5. The Kier molecular flexibility index (Phi) is 3.47. The van der Waals surface area contributed by atoms with Crippen LogP contribution in [0, 0.1) is 6.92 Å². The first kappa shape index (κ1) is 9.87. The average molecular weight is 423 g/mol. The van der Waals surface area contributed by atoms with E-state index in [2.05, 4.69) is 10.3 Å². The van der Waals surface area contributed by atoms with Gasteiger partial charge in [0, 0.05) is 16.6 Å². The predicted octanol–water partition coefficient (Wildman–Crippen LogP) is 4.66. The molecule has 1 aromatic heterocycles. The highest BCUT2D eigenvalue weighted by molar-refractivity contribution is 7.13. The first-order chi connectivity index (χ1) is 19.2. The van der Waals surface area contributed by atoms with Gasteiger partial charge in [0.15, 0.2) is 5.13 Å². The molecule has 3 rings (SSSR count). The highest BCUT2D eigenvalue weighted by atomic mass is 32.1. The molecule has 1 amide bonds. The van der Waals surface area contributed by atoms with Crippen LogP contribution in [0.15, 0.2) is 53.7 Å². The molecule has 0 unspecified atom stereocenters. The topological polar surface area (TPSA) is 88.2 Å². The van der Waals surface area contributed by atoms with Crippen LogP contribution in [0.4, 0.5) is 10.8 Å². The number of hydrogen-bond donors (Lipinski definition) is 3. The monoisotopic (exact) mass is 422 g/mol. The lowest BCUT2D eigenvalue weighted by molar-refractivity contribution is -0.115. The smallest absolute Gasteiger partial charge is 0.230 e. The summed E-state index contributed by atoms with van der Waals surface area (Å²) in [6.07, 6.45) is -11.2. The number of nitrogens with one attached hydrogen (secondary N) is 1. The Hall–Kier alpha value is -2.70. The van der Waals surface area contributed by atoms with Crippen LogP contribution >= 0.6 is 11.3 Å². The number of thiazole rings is 1. The van der Waals surface area contributed by atoms with Crippen molar-refractivity contribution in [3.63, 3.8) is 0 Å². The molecule has 0 radical (unpaired) electrons. The molecule has 0 saturated heterocycles. The number of nitrogens with zero attached hydrogens (tertiary/aromatic N) is 1. The number of rotatable bonds is 9. The van der Waals surface area contributed by atoms with E-state index in [0.717, 1.165) is 11.3 Å². The van der Waals surface area contributed by atoms with Crippen LogP contribution in [0.3, 0.4) is 0 Å². The first-order valence-electron chi connectivity index (χ1n) is 15.1. The quantitative estimate of drug-likeness (QED) is 0.468. The van der Waals surface area contributed by atoms with Gasteiger partial charge >= 0.3 is 0 Å². The van der Waals surface area contributed by atoms with Crippen LogP contribution in [0.5, 0.6) is 0 Å². The van der Waals surface area contributed by atoms with E-state index in [0.29, 0.717) is 5.69 Å². The minimum Gasteiger partial charge on any atom is -0.388 e. The third kappa shape index (κ3) is 6.69. The maximum absolute atomic E-state index is 12.5. The molecule has 0 fully saturated rings. The third-order valence-corrected chi connectivity index (χ3v) is 4.26. The second kappa shape index (κ2) is 10.2. The Morgan fingerprint density at radius 2 is 2.17 bits per heavy atom. The highest BCUT2D eigenvalue weighted by Gasteiger charge is 2.08. The molecular formula is C23H27N3O2S. The van der Waals surface area contributed by atoms with Gasteiger partial charge in [-0.15, -0.1) is 11.3 Å². The molecule has 6 heteroatoms. The van der Waals surface area contributed by atoms with Gasteiger partial charge in [0.2, 0.25) is 5.91 Å². The van der Waals surface area contributed by atoms with Crippen molar-refractivity contribution in [1.29, 1.82) is 0 Å². The fourth-order valence-electron chi connectivity index (χ4n) is 2.23. The zero-order valence-corrected chi connectivity index (χ0v) is 16.3. The van der Waals surface area contributed by atoms with E-state index in [9.17, 15) is 9.90 Å². The Labute approximate surface area is 193 Å². The third-order valence-electron chi connectivity index (χ3n) is 3.54. The molecule has 0 aliphatic heterocycles. The van der Waals surface area contributed by atoms with Crippen LogP contribution in [0.25, 0.3) is 0 Å². The van der Waals surface area contributed by atoms with E-state index in [4.69, 9.17) is 23.6 Å². The predicted molar refractivity (Wildman–Crippen MR) is 119 cm³/mol. The van der Waals surface area contributed by atoms with Gasteiger partial charge in [-0.05, 0) is 49.3 Å². The zero-order chi connectivity index (χ0) is 32.1. The summed E-state index contributed by atoms with van der Waals surface area (Å²) in [4.78, 5) is 16.4. The van der Waals surface area contributed by atoms with Gasteiger partial charge in [-0.25, -0.2) is 4.98 Å². The maximum Gasteiger partial charge on any atom is 0.230 e. The summed E-state index contributed by atoms with van der Waals surface area (Å²) < 4.78 is 107. The molecule has 1 heterocycles. The summed E-state index contributed by atoms with van der Waals surface area (Å²) in [6.45, 7) is 1.29. The van der Waals surface area contributed by atoms with E-state index in [-0.39, 0.29) is 17.1 Å². The normalized spacial score (nSPS) is 20.4. The van der Waals surface area contributed by atoms with Crippen LogP contribution in [-0.2, 0) is 17.6 Å². The molecule has 0 aliphatic carbocycles. The van der Waals surface area contributed by atoms with Crippen molar-refractivity contribution in [3.05, 3.63) is 76.1 Å². The van der Waals surface area contributed by atoms with E-state index in [1.165, 1.54) is 12.3 Å². The number of aromatic nitrogens is 1. The van der Waals surface area contributed by atoms with Gasteiger partial charge in [0.1, 0.15) is 0 Å². The SMILES string of the molecule is [2H]c1c([2H])c(C)c([2H])c([C@@]([2H])(O)CCC([2H])([2H])C([2H])([2H])c2c([2H])c([2H])c(NC(=O)Cc3csc(N)n3)c([2H])c2[2H])c1[2H]. The number of benzene rings is 2. The lowest BCUT2D eigenvalue weighted by Gasteiger charge is -2.11. The molecule has 0 aliphatic rings. The second-order valence-corrected chi connectivity index (χ2v) is 6.79. The highest BCUT2D eigenvalue weighted by Crippen LogP contribution is 2.21. The Balaban J connectivity index is 1.94. The van der Waals surface area contributed by atoms with Crippen molar-refractivity contribution >= 4 is 28.1 Å². The van der Waals surface area contributed by atoms with Crippen molar-refractivity contribution in [1.82, 2.24) is 4.98 Å². The van der Waals surface area contributed by atoms with Gasteiger partial charge in [-0.1, -0.05) is 48.2 Å². The van der Waals surface area contributed by atoms with Gasteiger partial charge in [-0.2, -0.15) is 0 Å². The summed E-state index contributed by atoms with van der Waals surface area (Å²) in [5.74, 6) is -0.742. The minimum absolute atomic E-state index is 0.0819. The van der Waals surface area contributed by atoms with Crippen LogP contribution in [0.1, 0.15) is 65.5 Å². The molecule has 29 heavy (non-hydrogen) atoms. The molecule has 5 nitrogen and oxygen atoms in total. The number of nitrogens with two attached hydrogens (primary N) is 1. The van der Waals surface area contributed by atoms with Crippen molar-refractivity contribution in [2.24, 2.45) is 0 Å². The fraction of sp³-hybridized carbons (Fsp3) is 0.304. The largest absolute Gasteiger partial charge is 0.388 e. The Morgan fingerprint density at radius 1 is 1.38 bits per heavy atom. The fourth-order valence-corrected chi connectivity index (χ4v) is 2.79. The standard InChI is InChI=1S/C23H27N3O2S/c1-16-5-4-7-18(13-16)21(27)8-3-2-6-17-9-11-19(12-10-17)25-22(28)14-20-15-29-23(24)26-20/h4-5,7,9-13,15,21,27H,2-3,6,8,14H2,1H3,(H2,24,26)(H,25,28)/t21-/m0/s1/i2D2,4D,5D,6D2,7D,9D,10D,11D,12D,13D,21D. The number of carbonyl (C=O) groups excluding carboxylic acids is 1. The molecule has 1 atom stereocenters. The lowest BCUT2D eigenvalue weighted by atomic mass is 10.00. The zero-order valence-electron chi connectivity index (χ0n) is 28.5. The van der Waals surface area contributed by atoms with Gasteiger partial charge in [-0.3, -0.25) is 4.79 Å². The summed E-state index contributed by atoms with van der Waals surface area (Å²) in [5.41, 5.74) is 3.61. The second-order valence-electron chi connectivity index (χ2n) is 5.90. The van der Waals surface area contributed by atoms with E-state index >= 15 is 0 Å². The maximum atomic E-state index is 12.5. The van der Waals surface area contributed by atoms with Gasteiger partial charge in [0.25, 0.3) is 0 Å². The van der Waals surface area contributed by atoms with Crippen LogP contribution in [-0.4, -0.2) is 16.0 Å². The molecular weight excluding hydrogens is 382 g/mol. The lowest BCUT2D eigenvalue weighted by Crippen LogP contribution is -2.14. The molecule has 3 aromatic rings. The van der Waals surface area contributed by atoms with Crippen molar-refractivity contribution < 1.29 is 27.7 Å². The van der Waals surface area contributed by atoms with Crippen molar-refractivity contribution in [2.45, 2.75) is 45.0 Å². The summed E-state index contributed by atoms with van der Waals surface area (Å²) in [6, 6.07) is -5.99. The number of carbonyl (C=O) groups is 1. The van der Waals surface area contributed by atoms with Crippen LogP contribution in [0.2, 0.25) is 0 Å². The minimum atomic E-state index is -3.22. The van der Waals surface area contributed by atoms with E-state index in [1.54, 1.807) is 0 Å². The molecule has 0 spiro atoms. The number of anilines is 2. The van der Waals surface area contributed by atoms with Crippen molar-refractivity contribution in [2.75, 3.05) is 11.1 Å². The molecule has 0 bridgehead atoms. The summed E-state index contributed by atoms with van der Waals surface area (Å²) >= 11 is 1.09. The molecule has 0 saturated carbocycles. The van der Waals surface area contributed by atoms with E-state index < -0.39 is 103 Å². The van der Waals surface area contributed by atoms with Crippen molar-refractivity contribution in [3.8, 4) is 0 Å². The Morgan fingerprint density at radius 3 is 2.90 bits per heavy atom. The average Bonchev–Trinajstić information content (AvgIpc) is 3.30. The Bertz CT molecular complexity index is 1500. The van der Waals surface area contributed by atoms with Gasteiger partial charge in [0.05, 0.1) is 30.5 Å². The first-order valence-corrected chi connectivity index (χ1v) is 9.44. The molecule has 4 N–H and O–H groups in total. The van der Waals surface area contributed by atoms with Gasteiger partial charge < -0.3 is 16.2 Å². The summed E-state index contributed by atoms with van der Waals surface area (Å²) in [7, 11) is 0. The molecule has 152 valence electrons. The number of nitrogen functional groups attached to an aromatic ring is 1.